The third-order valence-corrected chi connectivity index (χ3v) is 4.01. The molecule has 0 atom stereocenters. The smallest absolute Gasteiger partial charge is 0.236 e. The number of carbonyl (C=O) groups is 1. The molecule has 18 heavy (non-hydrogen) atoms. The molecule has 0 aliphatic heterocycles. The van der Waals surface area contributed by atoms with Crippen LogP contribution in [-0.4, -0.2) is 18.5 Å². The van der Waals surface area contributed by atoms with Gasteiger partial charge in [0.1, 0.15) is 0 Å². The number of carbonyl (C=O) groups excluding carboxylic acids is 1. The molecule has 1 fully saturated rings. The van der Waals surface area contributed by atoms with E-state index in [4.69, 9.17) is 11.5 Å². The van der Waals surface area contributed by atoms with Crippen molar-refractivity contribution in [1.29, 1.82) is 0 Å². The first-order valence-corrected chi connectivity index (χ1v) is 6.97. The van der Waals surface area contributed by atoms with Gasteiger partial charge in [-0.05, 0) is 47.0 Å². The standard InChI is InChI=1S/C13H18BrN3O/c14-11-7-9(15)5-6-12(11)17(8-13(16)18)10-3-1-2-4-10/h5-7,10H,1-4,8,15H2,(H2,16,18). The molecule has 4 N–H and O–H groups in total. The van der Waals surface area contributed by atoms with E-state index in [1.807, 2.05) is 18.2 Å². The van der Waals surface area contributed by atoms with Gasteiger partial charge in [0.15, 0.2) is 0 Å². The number of nitrogen functional groups attached to an aromatic ring is 1. The van der Waals surface area contributed by atoms with E-state index in [2.05, 4.69) is 20.8 Å². The molecule has 1 aromatic carbocycles. The van der Waals surface area contributed by atoms with Crippen LogP contribution in [0.5, 0.6) is 0 Å². The van der Waals surface area contributed by atoms with Gasteiger partial charge >= 0.3 is 0 Å². The molecule has 0 unspecified atom stereocenters. The predicted octanol–water partition coefficient (Wildman–Crippen LogP) is 2.27. The first kappa shape index (κ1) is 13.2. The Labute approximate surface area is 115 Å². The van der Waals surface area contributed by atoms with Crippen LogP contribution >= 0.6 is 15.9 Å². The van der Waals surface area contributed by atoms with E-state index >= 15 is 0 Å². The molecule has 0 heterocycles. The van der Waals surface area contributed by atoms with E-state index < -0.39 is 0 Å². The molecule has 0 aromatic heterocycles. The summed E-state index contributed by atoms with van der Waals surface area (Å²) in [7, 11) is 0. The third-order valence-electron chi connectivity index (χ3n) is 3.37. The molecule has 5 heteroatoms. The van der Waals surface area contributed by atoms with Gasteiger partial charge in [-0.1, -0.05) is 12.8 Å². The van der Waals surface area contributed by atoms with Crippen molar-refractivity contribution >= 4 is 33.2 Å². The van der Waals surface area contributed by atoms with Crippen LogP contribution < -0.4 is 16.4 Å². The Morgan fingerprint density at radius 2 is 2.06 bits per heavy atom. The van der Waals surface area contributed by atoms with Crippen LogP contribution in [0.3, 0.4) is 0 Å². The summed E-state index contributed by atoms with van der Waals surface area (Å²) in [4.78, 5) is 13.4. The molecule has 2 rings (SSSR count). The highest BCUT2D eigenvalue weighted by Crippen LogP contribution is 2.33. The summed E-state index contributed by atoms with van der Waals surface area (Å²) in [5.41, 5.74) is 12.8. The van der Waals surface area contributed by atoms with E-state index in [1.54, 1.807) is 0 Å². The number of anilines is 2. The Hall–Kier alpha value is -1.23. The van der Waals surface area contributed by atoms with Gasteiger partial charge in [-0.3, -0.25) is 4.79 Å². The van der Waals surface area contributed by atoms with Gasteiger partial charge in [-0.15, -0.1) is 0 Å². The average molecular weight is 312 g/mol. The largest absolute Gasteiger partial charge is 0.399 e. The Kier molecular flexibility index (Phi) is 4.11. The molecular formula is C13H18BrN3O. The molecule has 1 amide bonds. The maximum absolute atomic E-state index is 11.3. The van der Waals surface area contributed by atoms with Crippen molar-refractivity contribution in [1.82, 2.24) is 0 Å². The van der Waals surface area contributed by atoms with Gasteiger partial charge < -0.3 is 16.4 Å². The Morgan fingerprint density at radius 3 is 2.61 bits per heavy atom. The van der Waals surface area contributed by atoms with Crippen molar-refractivity contribution in [3.05, 3.63) is 22.7 Å². The second-order valence-corrected chi connectivity index (χ2v) is 5.60. The first-order chi connectivity index (χ1) is 8.58. The number of nitrogens with two attached hydrogens (primary N) is 2. The zero-order valence-corrected chi connectivity index (χ0v) is 11.8. The summed E-state index contributed by atoms with van der Waals surface area (Å²) in [5.74, 6) is -0.300. The number of nitrogens with zero attached hydrogens (tertiary/aromatic N) is 1. The number of rotatable bonds is 4. The van der Waals surface area contributed by atoms with Crippen LogP contribution in [0.2, 0.25) is 0 Å². The minimum atomic E-state index is -0.300. The summed E-state index contributed by atoms with van der Waals surface area (Å²) >= 11 is 3.51. The van der Waals surface area contributed by atoms with Crippen molar-refractivity contribution < 1.29 is 4.79 Å². The molecule has 1 aliphatic rings. The molecular weight excluding hydrogens is 294 g/mol. The number of primary amides is 1. The van der Waals surface area contributed by atoms with Gasteiger partial charge in [-0.25, -0.2) is 0 Å². The molecule has 0 spiro atoms. The zero-order chi connectivity index (χ0) is 13.1. The summed E-state index contributed by atoms with van der Waals surface area (Å²) in [5, 5.41) is 0. The number of amides is 1. The van der Waals surface area contributed by atoms with Gasteiger partial charge in [0, 0.05) is 16.2 Å². The first-order valence-electron chi connectivity index (χ1n) is 6.18. The molecule has 1 aromatic rings. The average Bonchev–Trinajstić information content (AvgIpc) is 2.79. The molecule has 1 saturated carbocycles. The Balaban J connectivity index is 2.29. The van der Waals surface area contributed by atoms with Crippen LogP contribution in [0, 0.1) is 0 Å². The van der Waals surface area contributed by atoms with E-state index in [-0.39, 0.29) is 12.5 Å². The van der Waals surface area contributed by atoms with Crippen LogP contribution in [0.4, 0.5) is 11.4 Å². The summed E-state index contributed by atoms with van der Waals surface area (Å²) in [6.45, 7) is 0.257. The normalized spacial score (nSPS) is 15.8. The summed E-state index contributed by atoms with van der Waals surface area (Å²) in [6.07, 6.45) is 4.66. The lowest BCUT2D eigenvalue weighted by atomic mass is 10.1. The quantitative estimate of drug-likeness (QED) is 0.838. The Morgan fingerprint density at radius 1 is 1.39 bits per heavy atom. The number of benzene rings is 1. The molecule has 4 nitrogen and oxygen atoms in total. The highest BCUT2D eigenvalue weighted by Gasteiger charge is 2.25. The van der Waals surface area contributed by atoms with Crippen LogP contribution in [0.1, 0.15) is 25.7 Å². The van der Waals surface area contributed by atoms with Crippen molar-refractivity contribution in [2.75, 3.05) is 17.2 Å². The fourth-order valence-electron chi connectivity index (χ4n) is 2.55. The maximum atomic E-state index is 11.3. The molecule has 1 aliphatic carbocycles. The van der Waals surface area contributed by atoms with Gasteiger partial charge in [-0.2, -0.15) is 0 Å². The van der Waals surface area contributed by atoms with Crippen molar-refractivity contribution in [2.24, 2.45) is 5.73 Å². The van der Waals surface area contributed by atoms with E-state index in [0.29, 0.717) is 11.7 Å². The van der Waals surface area contributed by atoms with Crippen LogP contribution in [0.15, 0.2) is 22.7 Å². The lowest BCUT2D eigenvalue weighted by molar-refractivity contribution is -0.116. The number of halogens is 1. The number of hydrogen-bond donors (Lipinski definition) is 2. The predicted molar refractivity (Wildman–Crippen MR) is 77.4 cm³/mol. The van der Waals surface area contributed by atoms with Crippen molar-refractivity contribution in [3.8, 4) is 0 Å². The fraction of sp³-hybridized carbons (Fsp3) is 0.462. The second-order valence-electron chi connectivity index (χ2n) is 4.74. The topological polar surface area (TPSA) is 72.4 Å². The van der Waals surface area contributed by atoms with Gasteiger partial charge in [0.2, 0.25) is 5.91 Å². The van der Waals surface area contributed by atoms with E-state index in [1.165, 1.54) is 12.8 Å². The Bertz CT molecular complexity index is 444. The lowest BCUT2D eigenvalue weighted by Crippen LogP contribution is -2.40. The molecule has 98 valence electrons. The monoisotopic (exact) mass is 311 g/mol. The minimum absolute atomic E-state index is 0.257. The van der Waals surface area contributed by atoms with Crippen molar-refractivity contribution in [3.63, 3.8) is 0 Å². The number of hydrogen-bond acceptors (Lipinski definition) is 3. The summed E-state index contributed by atoms with van der Waals surface area (Å²) in [6, 6.07) is 6.06. The third kappa shape index (κ3) is 2.96. The van der Waals surface area contributed by atoms with Crippen LogP contribution in [0.25, 0.3) is 0 Å². The minimum Gasteiger partial charge on any atom is -0.399 e. The zero-order valence-electron chi connectivity index (χ0n) is 10.2. The van der Waals surface area contributed by atoms with Crippen LogP contribution in [-0.2, 0) is 4.79 Å². The van der Waals surface area contributed by atoms with Gasteiger partial charge in [0.25, 0.3) is 0 Å². The summed E-state index contributed by atoms with van der Waals surface area (Å²) < 4.78 is 0.913. The lowest BCUT2D eigenvalue weighted by Gasteiger charge is -2.31. The SMILES string of the molecule is NC(=O)CN(c1ccc(N)cc1Br)C1CCCC1. The van der Waals surface area contributed by atoms with E-state index in [0.717, 1.165) is 23.0 Å². The maximum Gasteiger partial charge on any atom is 0.236 e. The fourth-order valence-corrected chi connectivity index (χ4v) is 3.18. The highest BCUT2D eigenvalue weighted by atomic mass is 79.9. The molecule has 0 radical (unpaired) electrons. The highest BCUT2D eigenvalue weighted by molar-refractivity contribution is 9.10. The molecule has 0 saturated heterocycles. The molecule has 0 bridgehead atoms. The van der Waals surface area contributed by atoms with Crippen molar-refractivity contribution in [2.45, 2.75) is 31.7 Å². The second kappa shape index (κ2) is 5.61. The van der Waals surface area contributed by atoms with E-state index in [9.17, 15) is 4.79 Å². The van der Waals surface area contributed by atoms with Gasteiger partial charge in [0.05, 0.1) is 12.2 Å².